The van der Waals surface area contributed by atoms with Gasteiger partial charge >= 0.3 is 0 Å². The van der Waals surface area contributed by atoms with Gasteiger partial charge in [-0.25, -0.2) is 8.78 Å². The van der Waals surface area contributed by atoms with E-state index in [1.165, 1.54) is 44.2 Å². The van der Waals surface area contributed by atoms with Crippen molar-refractivity contribution in [1.29, 1.82) is 0 Å². The van der Waals surface area contributed by atoms with Crippen molar-refractivity contribution in [3.63, 3.8) is 0 Å². The van der Waals surface area contributed by atoms with Gasteiger partial charge in [0, 0.05) is 23.0 Å². The Morgan fingerprint density at radius 3 is 1.42 bits per heavy atom. The first-order valence-electron chi connectivity index (χ1n) is 16.7. The third-order valence-electron chi connectivity index (χ3n) is 9.71. The van der Waals surface area contributed by atoms with E-state index in [2.05, 4.69) is 48.5 Å². The van der Waals surface area contributed by atoms with Gasteiger partial charge in [0.25, 0.3) is 0 Å². The summed E-state index contributed by atoms with van der Waals surface area (Å²) in [4.78, 5) is 0.615. The van der Waals surface area contributed by atoms with Gasteiger partial charge in [-0.05, 0) is 102 Å². The Morgan fingerprint density at radius 1 is 0.644 bits per heavy atom. The highest BCUT2D eigenvalue weighted by atomic mass is 35.5. The van der Waals surface area contributed by atoms with E-state index in [1.807, 2.05) is 0 Å². The minimum absolute atomic E-state index is 0.00163. The van der Waals surface area contributed by atoms with Crippen LogP contribution in [0.5, 0.6) is 11.5 Å². The van der Waals surface area contributed by atoms with Crippen molar-refractivity contribution in [1.82, 2.24) is 0 Å². The van der Waals surface area contributed by atoms with Crippen molar-refractivity contribution in [2.75, 3.05) is 13.2 Å². The SMILES string of the molecule is CC1C[C@@H](C)CC(C)(COc2cc(F)c(SSc3cc(Cl)c(OCC4(C)C[C@H](C)CCC[C@H](C)C4)cc3F)cc2Cl)C[C@@H](C)C1. The molecule has 45 heavy (non-hydrogen) atoms. The summed E-state index contributed by atoms with van der Waals surface area (Å²) in [7, 11) is 2.21. The van der Waals surface area contributed by atoms with E-state index in [4.69, 9.17) is 32.7 Å². The molecule has 252 valence electrons. The van der Waals surface area contributed by atoms with Crippen molar-refractivity contribution >= 4 is 44.8 Å². The molecule has 2 nitrogen and oxygen atoms in total. The fraction of sp³-hybridized carbons (Fsp3) is 0.676. The molecule has 0 spiro atoms. The predicted octanol–water partition coefficient (Wildman–Crippen LogP) is 13.6. The van der Waals surface area contributed by atoms with Gasteiger partial charge in [-0.3, -0.25) is 0 Å². The number of hydrogen-bond donors (Lipinski definition) is 0. The maximum absolute atomic E-state index is 15.2. The van der Waals surface area contributed by atoms with Gasteiger partial charge in [0.2, 0.25) is 0 Å². The van der Waals surface area contributed by atoms with E-state index >= 15 is 8.78 Å². The Morgan fingerprint density at radius 2 is 1.02 bits per heavy atom. The van der Waals surface area contributed by atoms with Gasteiger partial charge in [-0.15, -0.1) is 0 Å². The van der Waals surface area contributed by atoms with Crippen molar-refractivity contribution in [3.8, 4) is 11.5 Å². The summed E-state index contributed by atoms with van der Waals surface area (Å²) in [6, 6.07) is 5.82. The molecular weight excluding hydrogens is 649 g/mol. The second kappa shape index (κ2) is 16.1. The predicted molar refractivity (Wildman–Crippen MR) is 189 cm³/mol. The summed E-state index contributed by atoms with van der Waals surface area (Å²) in [6.07, 6.45) is 10.5. The van der Waals surface area contributed by atoms with Crippen molar-refractivity contribution in [2.24, 2.45) is 40.4 Å². The molecule has 0 amide bonds. The van der Waals surface area contributed by atoms with Gasteiger partial charge in [0.05, 0.1) is 33.0 Å². The lowest BCUT2D eigenvalue weighted by molar-refractivity contribution is 0.0795. The molecule has 0 heterocycles. The van der Waals surface area contributed by atoms with Gasteiger partial charge < -0.3 is 9.47 Å². The Hall–Kier alpha value is -0.820. The van der Waals surface area contributed by atoms with E-state index in [1.54, 1.807) is 12.1 Å². The van der Waals surface area contributed by atoms with Crippen molar-refractivity contribution in [2.45, 2.75) is 116 Å². The molecule has 2 aliphatic rings. The highest BCUT2D eigenvalue weighted by molar-refractivity contribution is 8.76. The number of benzene rings is 2. The van der Waals surface area contributed by atoms with E-state index in [-0.39, 0.29) is 10.8 Å². The van der Waals surface area contributed by atoms with Gasteiger partial charge in [-0.2, -0.15) is 0 Å². The Kier molecular flexibility index (Phi) is 13.2. The molecule has 2 aliphatic carbocycles. The molecule has 0 aliphatic heterocycles. The molecule has 7 atom stereocenters. The summed E-state index contributed by atoms with van der Waals surface area (Å²) in [6.45, 7) is 17.1. The second-order valence-electron chi connectivity index (χ2n) is 15.5. The van der Waals surface area contributed by atoms with Crippen LogP contribution >= 0.6 is 44.8 Å². The highest BCUT2D eigenvalue weighted by Gasteiger charge is 2.34. The maximum Gasteiger partial charge on any atom is 0.141 e. The molecule has 8 heteroatoms. The lowest BCUT2D eigenvalue weighted by Crippen LogP contribution is -2.32. The first-order valence-corrected chi connectivity index (χ1v) is 19.6. The minimum Gasteiger partial charge on any atom is -0.491 e. The van der Waals surface area contributed by atoms with E-state index in [0.29, 0.717) is 68.2 Å². The largest absolute Gasteiger partial charge is 0.491 e. The number of halogens is 4. The van der Waals surface area contributed by atoms with Crippen LogP contribution in [0.4, 0.5) is 8.78 Å². The Bertz CT molecular complexity index is 1270. The zero-order valence-corrected chi connectivity index (χ0v) is 31.3. The molecule has 3 unspecified atom stereocenters. The molecule has 4 rings (SSSR count). The van der Waals surface area contributed by atoms with Crippen LogP contribution in [0.2, 0.25) is 10.0 Å². The fourth-order valence-electron chi connectivity index (χ4n) is 8.39. The minimum atomic E-state index is -0.451. The van der Waals surface area contributed by atoms with Crippen LogP contribution in [-0.2, 0) is 0 Å². The lowest BCUT2D eigenvalue weighted by atomic mass is 9.69. The van der Waals surface area contributed by atoms with Crippen LogP contribution in [0, 0.1) is 52.1 Å². The third kappa shape index (κ3) is 10.8. The Balaban J connectivity index is 1.37. The molecule has 0 N–H and O–H groups in total. The fourth-order valence-corrected chi connectivity index (χ4v) is 11.0. The lowest BCUT2D eigenvalue weighted by Gasteiger charge is -2.38. The molecule has 0 saturated heterocycles. The second-order valence-corrected chi connectivity index (χ2v) is 18.6. The molecule has 0 bridgehead atoms. The standard InChI is InChI=1S/C37H52Cl2F2O2S2/c1-23-9-8-10-24(2)18-36(6,17-23)21-42-32-15-30(40)34(13-28(32)38)44-45-35-14-29(39)33(16-31(35)41)43-22-37(7)19-26(4)11-25(3)12-27(5)20-37/h13-16,23-27H,8-12,17-22H2,1-7H3/t23-,24+,25?,26-,27+,36?,37?. The number of ether oxygens (including phenoxy) is 2. The molecule has 2 saturated carbocycles. The smallest absolute Gasteiger partial charge is 0.141 e. The molecular formula is C37H52Cl2F2O2S2. The van der Waals surface area contributed by atoms with Crippen LogP contribution in [0.25, 0.3) is 0 Å². The van der Waals surface area contributed by atoms with Gasteiger partial charge in [0.1, 0.15) is 23.1 Å². The van der Waals surface area contributed by atoms with Crippen molar-refractivity contribution in [3.05, 3.63) is 45.9 Å². The molecule has 2 aromatic rings. The van der Waals surface area contributed by atoms with Crippen LogP contribution in [0.1, 0.15) is 106 Å². The normalized spacial score (nSPS) is 31.4. The van der Waals surface area contributed by atoms with Crippen LogP contribution in [-0.4, -0.2) is 13.2 Å². The summed E-state index contributed by atoms with van der Waals surface area (Å²) in [5.41, 5.74) is 0.00963. The first-order chi connectivity index (χ1) is 21.1. The van der Waals surface area contributed by atoms with Crippen LogP contribution in [0.15, 0.2) is 34.1 Å². The van der Waals surface area contributed by atoms with Crippen LogP contribution < -0.4 is 9.47 Å². The highest BCUT2D eigenvalue weighted by Crippen LogP contribution is 2.46. The Labute approximate surface area is 288 Å². The van der Waals surface area contributed by atoms with Crippen LogP contribution in [0.3, 0.4) is 0 Å². The summed E-state index contributed by atoms with van der Waals surface area (Å²) in [5, 5.41) is 0.690. The van der Waals surface area contributed by atoms with Crippen molar-refractivity contribution < 1.29 is 18.3 Å². The third-order valence-corrected chi connectivity index (χ3v) is 12.7. The maximum atomic E-state index is 15.2. The monoisotopic (exact) mass is 700 g/mol. The number of hydrogen-bond acceptors (Lipinski definition) is 4. The van der Waals surface area contributed by atoms with E-state index < -0.39 is 11.6 Å². The molecule has 0 aromatic heterocycles. The zero-order valence-electron chi connectivity index (χ0n) is 28.1. The molecule has 2 fully saturated rings. The average molecular weight is 702 g/mol. The quantitative estimate of drug-likeness (QED) is 0.242. The summed E-state index contributed by atoms with van der Waals surface area (Å²) in [5.74, 6) is 3.02. The van der Waals surface area contributed by atoms with Gasteiger partial charge in [0.15, 0.2) is 0 Å². The van der Waals surface area contributed by atoms with E-state index in [0.717, 1.165) is 53.2 Å². The number of rotatable bonds is 9. The topological polar surface area (TPSA) is 18.5 Å². The van der Waals surface area contributed by atoms with E-state index in [9.17, 15) is 0 Å². The first kappa shape index (κ1) is 37.0. The average Bonchev–Trinajstić information content (AvgIpc) is 2.91. The summed E-state index contributed by atoms with van der Waals surface area (Å²) < 4.78 is 42.8. The summed E-state index contributed by atoms with van der Waals surface area (Å²) >= 11 is 13.1. The molecule has 2 aromatic carbocycles. The molecule has 0 radical (unpaired) electrons. The zero-order chi connectivity index (χ0) is 32.9. The van der Waals surface area contributed by atoms with Gasteiger partial charge in [-0.1, -0.05) is 90.9 Å².